The molecular weight excluding hydrogens is 374 g/mol. The number of aryl methyl sites for hydroxylation is 1. The van der Waals surface area contributed by atoms with Gasteiger partial charge in [-0.15, -0.1) is 0 Å². The zero-order valence-corrected chi connectivity index (χ0v) is 16.0. The van der Waals surface area contributed by atoms with Crippen molar-refractivity contribution in [2.24, 2.45) is 7.05 Å². The van der Waals surface area contributed by atoms with E-state index in [-0.39, 0.29) is 5.91 Å². The topological polar surface area (TPSA) is 73.1 Å². The Labute approximate surface area is 160 Å². The predicted molar refractivity (Wildman–Crippen MR) is 102 cm³/mol. The number of hydrogen-bond donors (Lipinski definition) is 0. The van der Waals surface area contributed by atoms with E-state index in [1.165, 1.54) is 18.1 Å². The van der Waals surface area contributed by atoms with Gasteiger partial charge < -0.3 is 9.64 Å². The SMILES string of the molecule is CN(CCOc1ccc(Cl)cc1)C(=O)CSc1ncnc2c1cnn2C. The monoisotopic (exact) mass is 391 g/mol. The summed E-state index contributed by atoms with van der Waals surface area (Å²) in [5.74, 6) is 1.02. The molecule has 0 saturated heterocycles. The number of likely N-dealkylation sites (N-methyl/N-ethyl adjacent to an activating group) is 1. The van der Waals surface area contributed by atoms with Gasteiger partial charge in [-0.2, -0.15) is 5.10 Å². The van der Waals surface area contributed by atoms with Crippen LogP contribution in [0.25, 0.3) is 11.0 Å². The Morgan fingerprint density at radius 3 is 2.85 bits per heavy atom. The number of hydrogen-bond acceptors (Lipinski definition) is 6. The lowest BCUT2D eigenvalue weighted by Gasteiger charge is -2.17. The van der Waals surface area contributed by atoms with Gasteiger partial charge in [-0.05, 0) is 24.3 Å². The number of carbonyl (C=O) groups is 1. The summed E-state index contributed by atoms with van der Waals surface area (Å²) >= 11 is 7.22. The fraction of sp³-hybridized carbons (Fsp3) is 0.294. The van der Waals surface area contributed by atoms with Gasteiger partial charge in [0, 0.05) is 19.1 Å². The summed E-state index contributed by atoms with van der Waals surface area (Å²) in [4.78, 5) is 22.4. The highest BCUT2D eigenvalue weighted by Crippen LogP contribution is 2.23. The van der Waals surface area contributed by atoms with E-state index in [9.17, 15) is 4.79 Å². The zero-order valence-electron chi connectivity index (χ0n) is 14.4. The fourth-order valence-corrected chi connectivity index (χ4v) is 3.28. The molecule has 0 N–H and O–H groups in total. The van der Waals surface area contributed by atoms with Crippen molar-refractivity contribution < 1.29 is 9.53 Å². The minimum Gasteiger partial charge on any atom is -0.492 e. The summed E-state index contributed by atoms with van der Waals surface area (Å²) in [7, 11) is 3.58. The third-order valence-corrected chi connectivity index (χ3v) is 5.00. The molecule has 0 unspecified atom stereocenters. The van der Waals surface area contributed by atoms with Gasteiger partial charge in [-0.1, -0.05) is 23.4 Å². The van der Waals surface area contributed by atoms with E-state index >= 15 is 0 Å². The lowest BCUT2D eigenvalue weighted by atomic mass is 10.3. The maximum absolute atomic E-state index is 12.3. The second-order valence-electron chi connectivity index (χ2n) is 5.59. The Hall–Kier alpha value is -2.32. The summed E-state index contributed by atoms with van der Waals surface area (Å²) in [6.45, 7) is 0.906. The largest absolute Gasteiger partial charge is 0.492 e. The first-order chi connectivity index (χ1) is 12.5. The second-order valence-corrected chi connectivity index (χ2v) is 6.99. The first kappa shape index (κ1) is 18.5. The maximum atomic E-state index is 12.3. The molecule has 0 radical (unpaired) electrons. The molecule has 3 rings (SSSR count). The molecule has 1 amide bonds. The summed E-state index contributed by atoms with van der Waals surface area (Å²) in [6, 6.07) is 7.13. The Kier molecular flexibility index (Phi) is 5.95. The van der Waals surface area contributed by atoms with Crippen molar-refractivity contribution in [1.82, 2.24) is 24.6 Å². The number of rotatable bonds is 7. The summed E-state index contributed by atoms with van der Waals surface area (Å²) in [5, 5.41) is 6.44. The molecule has 3 aromatic rings. The second kappa shape index (κ2) is 8.37. The third-order valence-electron chi connectivity index (χ3n) is 3.76. The van der Waals surface area contributed by atoms with Gasteiger partial charge in [-0.3, -0.25) is 9.48 Å². The van der Waals surface area contributed by atoms with E-state index in [4.69, 9.17) is 16.3 Å². The lowest BCUT2D eigenvalue weighted by Crippen LogP contribution is -2.32. The van der Waals surface area contributed by atoms with Gasteiger partial charge in [-0.25, -0.2) is 9.97 Å². The molecule has 136 valence electrons. The highest BCUT2D eigenvalue weighted by atomic mass is 35.5. The Morgan fingerprint density at radius 2 is 2.08 bits per heavy atom. The van der Waals surface area contributed by atoms with Crippen molar-refractivity contribution in [1.29, 1.82) is 0 Å². The first-order valence-corrected chi connectivity index (χ1v) is 9.29. The highest BCUT2D eigenvalue weighted by Gasteiger charge is 2.13. The van der Waals surface area contributed by atoms with Crippen LogP contribution in [0.2, 0.25) is 5.02 Å². The first-order valence-electron chi connectivity index (χ1n) is 7.92. The van der Waals surface area contributed by atoms with Crippen LogP contribution in [0.3, 0.4) is 0 Å². The number of aromatic nitrogens is 4. The number of fused-ring (bicyclic) bond motifs is 1. The van der Waals surface area contributed by atoms with Crippen LogP contribution in [0.5, 0.6) is 5.75 Å². The molecule has 0 aliphatic rings. The number of thioether (sulfide) groups is 1. The molecule has 0 aliphatic carbocycles. The molecule has 26 heavy (non-hydrogen) atoms. The third kappa shape index (κ3) is 4.44. The van der Waals surface area contributed by atoms with Crippen molar-refractivity contribution in [3.8, 4) is 5.75 Å². The molecule has 0 aliphatic heterocycles. The Bertz CT molecular complexity index is 900. The molecule has 9 heteroatoms. The Morgan fingerprint density at radius 1 is 1.31 bits per heavy atom. The average molecular weight is 392 g/mol. The smallest absolute Gasteiger partial charge is 0.232 e. The van der Waals surface area contributed by atoms with Crippen LogP contribution >= 0.6 is 23.4 Å². The number of nitrogens with zero attached hydrogens (tertiary/aromatic N) is 5. The molecule has 0 spiro atoms. The van der Waals surface area contributed by atoms with Gasteiger partial charge in [0.05, 0.1) is 23.9 Å². The normalized spacial score (nSPS) is 10.9. The molecule has 2 heterocycles. The molecule has 1 aromatic carbocycles. The van der Waals surface area contributed by atoms with Crippen LogP contribution in [-0.2, 0) is 11.8 Å². The van der Waals surface area contributed by atoms with E-state index in [0.29, 0.717) is 23.9 Å². The molecule has 7 nitrogen and oxygen atoms in total. The van der Waals surface area contributed by atoms with E-state index < -0.39 is 0 Å². The summed E-state index contributed by atoms with van der Waals surface area (Å²) < 4.78 is 7.30. The fourth-order valence-electron chi connectivity index (χ4n) is 2.25. The van der Waals surface area contributed by atoms with Crippen molar-refractivity contribution in [3.63, 3.8) is 0 Å². The number of amides is 1. The van der Waals surface area contributed by atoms with Crippen LogP contribution in [0.1, 0.15) is 0 Å². The number of halogens is 1. The van der Waals surface area contributed by atoms with Crippen LogP contribution < -0.4 is 4.74 Å². The predicted octanol–water partition coefficient (Wildman–Crippen LogP) is 2.65. The van der Waals surface area contributed by atoms with E-state index in [2.05, 4.69) is 15.1 Å². The number of ether oxygens (including phenoxy) is 1. The average Bonchev–Trinajstić information content (AvgIpc) is 3.03. The zero-order chi connectivity index (χ0) is 18.5. The van der Waals surface area contributed by atoms with Gasteiger partial charge in [0.1, 0.15) is 23.7 Å². The van der Waals surface area contributed by atoms with Gasteiger partial charge in [0.2, 0.25) is 5.91 Å². The summed E-state index contributed by atoms with van der Waals surface area (Å²) in [5.41, 5.74) is 0.750. The number of benzene rings is 1. The van der Waals surface area contributed by atoms with Crippen LogP contribution in [0.15, 0.2) is 41.8 Å². The molecule has 0 atom stereocenters. The Balaban J connectivity index is 1.48. The minimum atomic E-state index is 0.00496. The van der Waals surface area contributed by atoms with E-state index in [1.807, 2.05) is 7.05 Å². The molecule has 0 fully saturated rings. The van der Waals surface area contributed by atoms with Crippen LogP contribution in [0, 0.1) is 0 Å². The van der Waals surface area contributed by atoms with Gasteiger partial charge in [0.25, 0.3) is 0 Å². The summed E-state index contributed by atoms with van der Waals surface area (Å²) in [6.07, 6.45) is 3.20. The number of carbonyl (C=O) groups excluding carboxylic acids is 1. The van der Waals surface area contributed by atoms with E-state index in [0.717, 1.165) is 21.8 Å². The standard InChI is InChI=1S/C17H18ClN5O2S/c1-22(7-8-25-13-5-3-12(18)4-6-13)15(24)10-26-17-14-9-21-23(2)16(14)19-11-20-17/h3-6,9,11H,7-8,10H2,1-2H3. The molecule has 2 aromatic heterocycles. The highest BCUT2D eigenvalue weighted by molar-refractivity contribution is 8.00. The van der Waals surface area contributed by atoms with Gasteiger partial charge >= 0.3 is 0 Å². The lowest BCUT2D eigenvalue weighted by molar-refractivity contribution is -0.127. The van der Waals surface area contributed by atoms with Crippen molar-refractivity contribution in [3.05, 3.63) is 41.8 Å². The molecular formula is C17H18ClN5O2S. The molecule has 0 bridgehead atoms. The van der Waals surface area contributed by atoms with Gasteiger partial charge in [0.15, 0.2) is 5.65 Å². The molecule has 0 saturated carbocycles. The quantitative estimate of drug-likeness (QED) is 0.455. The van der Waals surface area contributed by atoms with Crippen LogP contribution in [0.4, 0.5) is 0 Å². The van der Waals surface area contributed by atoms with Crippen molar-refractivity contribution >= 4 is 40.3 Å². The van der Waals surface area contributed by atoms with E-state index in [1.54, 1.807) is 47.1 Å². The minimum absolute atomic E-state index is 0.00496. The van der Waals surface area contributed by atoms with Crippen LogP contribution in [-0.4, -0.2) is 56.5 Å². The maximum Gasteiger partial charge on any atom is 0.232 e. The van der Waals surface area contributed by atoms with Crippen molar-refractivity contribution in [2.45, 2.75) is 5.03 Å². The van der Waals surface area contributed by atoms with Crippen molar-refractivity contribution in [2.75, 3.05) is 26.0 Å².